The van der Waals surface area contributed by atoms with Gasteiger partial charge < -0.3 is 15.8 Å². The molecule has 94 valence electrons. The van der Waals surface area contributed by atoms with Gasteiger partial charge in [0.05, 0.1) is 18.7 Å². The highest BCUT2D eigenvalue weighted by Gasteiger charge is 2.25. The Kier molecular flexibility index (Phi) is 4.11. The average Bonchev–Trinajstić information content (AvgIpc) is 2.28. The van der Waals surface area contributed by atoms with E-state index in [1.165, 1.54) is 13.3 Å². The van der Waals surface area contributed by atoms with Gasteiger partial charge in [0.25, 0.3) is 0 Å². The number of hydrogen-bond acceptors (Lipinski definition) is 5. The molecule has 1 rings (SSSR count). The molecule has 0 aliphatic rings. The molecule has 0 atom stereocenters. The van der Waals surface area contributed by atoms with Crippen molar-refractivity contribution in [1.29, 1.82) is 0 Å². The van der Waals surface area contributed by atoms with Crippen molar-refractivity contribution in [2.45, 2.75) is 13.8 Å². The van der Waals surface area contributed by atoms with Crippen molar-refractivity contribution in [3.05, 3.63) is 11.2 Å². The van der Waals surface area contributed by atoms with E-state index in [4.69, 9.17) is 22.1 Å². The van der Waals surface area contributed by atoms with Crippen LogP contribution in [0.2, 0.25) is 5.02 Å². The summed E-state index contributed by atoms with van der Waals surface area (Å²) in [6.07, 6.45) is 1.42. The second kappa shape index (κ2) is 5.18. The number of methoxy groups -OCH3 is 1. The first-order valence-electron chi connectivity index (χ1n) is 4.97. The number of aromatic nitrogens is 2. The maximum Gasteiger partial charge on any atom is 0.318 e. The Morgan fingerprint density at radius 2 is 2.29 bits per heavy atom. The molecule has 7 heteroatoms. The summed E-state index contributed by atoms with van der Waals surface area (Å²) in [5.41, 5.74) is 4.57. The molecular weight excluding hydrogens is 244 g/mol. The van der Waals surface area contributed by atoms with Crippen LogP contribution in [0.5, 0.6) is 6.01 Å². The quantitative estimate of drug-likeness (QED) is 0.824. The van der Waals surface area contributed by atoms with Gasteiger partial charge in [-0.2, -0.15) is 4.98 Å². The van der Waals surface area contributed by atoms with Gasteiger partial charge in [-0.05, 0) is 13.8 Å². The molecule has 0 fully saturated rings. The molecule has 0 aromatic carbocycles. The van der Waals surface area contributed by atoms with Gasteiger partial charge in [-0.1, -0.05) is 11.6 Å². The van der Waals surface area contributed by atoms with Crippen LogP contribution in [0.25, 0.3) is 0 Å². The van der Waals surface area contributed by atoms with Crippen molar-refractivity contribution < 1.29 is 9.53 Å². The molecule has 1 heterocycles. The number of halogens is 1. The fourth-order valence-electron chi connectivity index (χ4n) is 0.965. The first-order valence-corrected chi connectivity index (χ1v) is 5.35. The molecule has 3 N–H and O–H groups in total. The summed E-state index contributed by atoms with van der Waals surface area (Å²) in [5.74, 6) is 0.00925. The standard InChI is InChI=1S/C10H15ClN4O2/c1-10(2,8(12)16)5-14-7-6(11)4-13-9(15-7)17-3/h4H,5H2,1-3H3,(H2,12,16)(H,13,14,15). The monoisotopic (exact) mass is 258 g/mol. The molecule has 0 unspecified atom stereocenters. The molecular formula is C10H15ClN4O2. The van der Waals surface area contributed by atoms with Crippen molar-refractivity contribution in [3.63, 3.8) is 0 Å². The lowest BCUT2D eigenvalue weighted by Gasteiger charge is -2.21. The van der Waals surface area contributed by atoms with Gasteiger partial charge in [-0.15, -0.1) is 0 Å². The van der Waals surface area contributed by atoms with Gasteiger partial charge in [0, 0.05) is 6.54 Å². The lowest BCUT2D eigenvalue weighted by atomic mass is 9.93. The molecule has 6 nitrogen and oxygen atoms in total. The van der Waals surface area contributed by atoms with Crippen LogP contribution in [0, 0.1) is 5.41 Å². The highest BCUT2D eigenvalue weighted by Crippen LogP contribution is 2.22. The van der Waals surface area contributed by atoms with E-state index in [-0.39, 0.29) is 6.01 Å². The number of anilines is 1. The fourth-order valence-corrected chi connectivity index (χ4v) is 1.12. The van der Waals surface area contributed by atoms with Crippen LogP contribution < -0.4 is 15.8 Å². The molecule has 0 bridgehead atoms. The minimum absolute atomic E-state index is 0.203. The van der Waals surface area contributed by atoms with E-state index < -0.39 is 11.3 Å². The second-order valence-electron chi connectivity index (χ2n) is 4.15. The third-order valence-electron chi connectivity index (χ3n) is 2.27. The molecule has 1 aromatic heterocycles. The smallest absolute Gasteiger partial charge is 0.318 e. The highest BCUT2D eigenvalue weighted by atomic mass is 35.5. The molecule has 17 heavy (non-hydrogen) atoms. The van der Waals surface area contributed by atoms with Gasteiger partial charge in [0.15, 0.2) is 5.82 Å². The minimum atomic E-state index is -0.693. The third-order valence-corrected chi connectivity index (χ3v) is 2.55. The Morgan fingerprint density at radius 3 is 2.82 bits per heavy atom. The van der Waals surface area contributed by atoms with Gasteiger partial charge in [-0.25, -0.2) is 4.98 Å². The molecule has 1 amide bonds. The van der Waals surface area contributed by atoms with Crippen molar-refractivity contribution >= 4 is 23.3 Å². The largest absolute Gasteiger partial charge is 0.467 e. The van der Waals surface area contributed by atoms with Crippen molar-refractivity contribution in [1.82, 2.24) is 9.97 Å². The molecule has 0 aliphatic heterocycles. The molecule has 0 saturated heterocycles. The van der Waals surface area contributed by atoms with Gasteiger partial charge in [-0.3, -0.25) is 4.79 Å². The Morgan fingerprint density at radius 1 is 1.65 bits per heavy atom. The number of carbonyl (C=O) groups excluding carboxylic acids is 1. The fraction of sp³-hybridized carbons (Fsp3) is 0.500. The van der Waals surface area contributed by atoms with Crippen molar-refractivity contribution in [2.24, 2.45) is 11.1 Å². The summed E-state index contributed by atoms with van der Waals surface area (Å²) >= 11 is 5.90. The van der Waals surface area contributed by atoms with Crippen LogP contribution in [0.3, 0.4) is 0 Å². The van der Waals surface area contributed by atoms with Crippen LogP contribution in [-0.4, -0.2) is 29.5 Å². The Labute approximate surface area is 105 Å². The number of rotatable bonds is 5. The summed E-state index contributed by atoms with van der Waals surface area (Å²) in [6.45, 7) is 3.78. The third kappa shape index (κ3) is 3.45. The van der Waals surface area contributed by atoms with Crippen LogP contribution in [0.1, 0.15) is 13.8 Å². The van der Waals surface area contributed by atoms with E-state index in [9.17, 15) is 4.79 Å². The first-order chi connectivity index (χ1) is 7.86. The van der Waals surface area contributed by atoms with Gasteiger partial charge >= 0.3 is 6.01 Å². The summed E-state index contributed by atoms with van der Waals surface area (Å²) in [5, 5.41) is 3.30. The molecule has 0 radical (unpaired) electrons. The number of ether oxygens (including phenoxy) is 1. The molecule has 1 aromatic rings. The predicted octanol–water partition coefficient (Wildman–Crippen LogP) is 1.06. The lowest BCUT2D eigenvalue weighted by Crippen LogP contribution is -2.37. The van der Waals surface area contributed by atoms with Gasteiger partial charge in [0.1, 0.15) is 5.02 Å². The normalized spacial score (nSPS) is 11.1. The lowest BCUT2D eigenvalue weighted by molar-refractivity contribution is -0.125. The van der Waals surface area contributed by atoms with Crippen LogP contribution in [0.4, 0.5) is 5.82 Å². The van der Waals surface area contributed by atoms with Crippen LogP contribution in [0.15, 0.2) is 6.20 Å². The molecule has 0 saturated carbocycles. The zero-order valence-corrected chi connectivity index (χ0v) is 10.7. The zero-order valence-electron chi connectivity index (χ0n) is 9.95. The summed E-state index contributed by atoms with van der Waals surface area (Å²) in [7, 11) is 1.46. The van der Waals surface area contributed by atoms with Crippen LogP contribution >= 0.6 is 11.6 Å². The van der Waals surface area contributed by atoms with E-state index in [0.717, 1.165) is 0 Å². The minimum Gasteiger partial charge on any atom is -0.467 e. The maximum atomic E-state index is 11.1. The Balaban J connectivity index is 2.78. The average molecular weight is 259 g/mol. The number of primary amides is 1. The van der Waals surface area contributed by atoms with E-state index in [1.807, 2.05) is 0 Å². The number of nitrogens with zero attached hydrogens (tertiary/aromatic N) is 2. The Bertz CT molecular complexity index is 423. The summed E-state index contributed by atoms with van der Waals surface area (Å²) in [4.78, 5) is 19.0. The number of nitrogens with two attached hydrogens (primary N) is 1. The van der Waals surface area contributed by atoms with Gasteiger partial charge in [0.2, 0.25) is 5.91 Å². The number of carbonyl (C=O) groups is 1. The van der Waals surface area contributed by atoms with Crippen molar-refractivity contribution in [2.75, 3.05) is 19.0 Å². The summed E-state index contributed by atoms with van der Waals surface area (Å²) < 4.78 is 4.88. The maximum absolute atomic E-state index is 11.1. The molecule has 0 spiro atoms. The SMILES string of the molecule is COc1ncc(Cl)c(NCC(C)(C)C(N)=O)n1. The number of amides is 1. The highest BCUT2D eigenvalue weighted by molar-refractivity contribution is 6.32. The topological polar surface area (TPSA) is 90.1 Å². The van der Waals surface area contributed by atoms with Crippen LogP contribution in [-0.2, 0) is 4.79 Å². The number of nitrogens with one attached hydrogen (secondary N) is 1. The van der Waals surface area contributed by atoms with E-state index in [2.05, 4.69) is 15.3 Å². The van der Waals surface area contributed by atoms with E-state index in [0.29, 0.717) is 17.4 Å². The predicted molar refractivity (Wildman–Crippen MR) is 65.1 cm³/mol. The van der Waals surface area contributed by atoms with E-state index in [1.54, 1.807) is 13.8 Å². The zero-order chi connectivity index (χ0) is 13.1. The van der Waals surface area contributed by atoms with Crippen molar-refractivity contribution in [3.8, 4) is 6.01 Å². The summed E-state index contributed by atoms with van der Waals surface area (Å²) in [6, 6.07) is 0.203. The second-order valence-corrected chi connectivity index (χ2v) is 4.56. The van der Waals surface area contributed by atoms with E-state index >= 15 is 0 Å². The number of hydrogen-bond donors (Lipinski definition) is 2. The molecule has 0 aliphatic carbocycles. The first kappa shape index (κ1) is 13.5. The Hall–Kier alpha value is -1.56.